The highest BCUT2D eigenvalue weighted by molar-refractivity contribution is 4.51. The Morgan fingerprint density at radius 1 is 1.40 bits per heavy atom. The van der Waals surface area contributed by atoms with Gasteiger partial charge in [0.25, 0.3) is 0 Å². The van der Waals surface area contributed by atoms with Gasteiger partial charge < -0.3 is 9.22 Å². The summed E-state index contributed by atoms with van der Waals surface area (Å²) in [5.74, 6) is 0. The molecule has 0 spiro atoms. The maximum Gasteiger partial charge on any atom is 0.0879 e. The zero-order valence-corrected chi connectivity index (χ0v) is 11.5. The first kappa shape index (κ1) is 17.1. The van der Waals surface area contributed by atoms with Gasteiger partial charge in [0.1, 0.15) is 0 Å². The van der Waals surface area contributed by atoms with Crippen molar-refractivity contribution >= 4 is 0 Å². The van der Waals surface area contributed by atoms with Gasteiger partial charge in [-0.05, 0) is 20.3 Å². The Morgan fingerprint density at radius 3 is 2.20 bits per heavy atom. The van der Waals surface area contributed by atoms with Crippen molar-refractivity contribution < 1.29 is 9.22 Å². The van der Waals surface area contributed by atoms with Gasteiger partial charge in [-0.1, -0.05) is 13.0 Å². The summed E-state index contributed by atoms with van der Waals surface area (Å²) in [5.41, 5.74) is 0. The second kappa shape index (κ2) is 10.2. The molecule has 0 N–H and O–H groups in total. The lowest BCUT2D eigenvalue weighted by atomic mass is 10.2. The second-order valence-corrected chi connectivity index (χ2v) is 4.54. The summed E-state index contributed by atoms with van der Waals surface area (Å²) in [5, 5.41) is 0. The Balaban J connectivity index is 0. The summed E-state index contributed by atoms with van der Waals surface area (Å²) in [7, 11) is 6.36. The van der Waals surface area contributed by atoms with Gasteiger partial charge in [-0.25, -0.2) is 0 Å². The van der Waals surface area contributed by atoms with Crippen LogP contribution in [0.5, 0.6) is 0 Å². The SMILES string of the molecule is C=CC.CCC[N+](C)(C)C(C)CCOC. The van der Waals surface area contributed by atoms with Crippen molar-refractivity contribution in [3.8, 4) is 0 Å². The molecule has 0 saturated carbocycles. The van der Waals surface area contributed by atoms with Crippen molar-refractivity contribution in [1.29, 1.82) is 0 Å². The van der Waals surface area contributed by atoms with E-state index in [1.807, 2.05) is 6.92 Å². The zero-order valence-electron chi connectivity index (χ0n) is 11.5. The van der Waals surface area contributed by atoms with Crippen LogP contribution < -0.4 is 0 Å². The van der Waals surface area contributed by atoms with E-state index >= 15 is 0 Å². The minimum Gasteiger partial charge on any atom is -0.384 e. The second-order valence-electron chi connectivity index (χ2n) is 4.54. The van der Waals surface area contributed by atoms with Crippen LogP contribution in [0.4, 0.5) is 0 Å². The van der Waals surface area contributed by atoms with Crippen LogP contribution in [-0.2, 0) is 4.74 Å². The maximum absolute atomic E-state index is 5.08. The number of allylic oxidation sites excluding steroid dienone is 1. The van der Waals surface area contributed by atoms with E-state index in [-0.39, 0.29) is 0 Å². The molecule has 0 aromatic carbocycles. The molecule has 0 radical (unpaired) electrons. The first-order valence-electron chi connectivity index (χ1n) is 5.84. The van der Waals surface area contributed by atoms with Crippen LogP contribution in [0.2, 0.25) is 0 Å². The molecule has 0 amide bonds. The van der Waals surface area contributed by atoms with Gasteiger partial charge in [-0.2, -0.15) is 0 Å². The Labute approximate surface area is 96.5 Å². The van der Waals surface area contributed by atoms with Crippen LogP contribution in [0.25, 0.3) is 0 Å². The van der Waals surface area contributed by atoms with Gasteiger partial charge in [-0.15, -0.1) is 6.58 Å². The molecule has 0 saturated heterocycles. The number of ether oxygens (including phenoxy) is 1. The minimum absolute atomic E-state index is 0.699. The maximum atomic E-state index is 5.08. The summed E-state index contributed by atoms with van der Waals surface area (Å²) in [6.07, 6.45) is 4.16. The molecule has 0 aliphatic carbocycles. The fourth-order valence-corrected chi connectivity index (χ4v) is 1.43. The molecule has 2 nitrogen and oxygen atoms in total. The Hall–Kier alpha value is -0.340. The van der Waals surface area contributed by atoms with Crippen LogP contribution in [0.1, 0.15) is 33.6 Å². The summed E-state index contributed by atoms with van der Waals surface area (Å²) in [6, 6.07) is 0.699. The predicted octanol–water partition coefficient (Wildman–Crippen LogP) is 3.09. The Kier molecular flexibility index (Phi) is 11.6. The Morgan fingerprint density at radius 2 is 1.87 bits per heavy atom. The first-order valence-corrected chi connectivity index (χ1v) is 5.84. The van der Waals surface area contributed by atoms with Crippen LogP contribution >= 0.6 is 0 Å². The van der Waals surface area contributed by atoms with Crippen LogP contribution in [0.3, 0.4) is 0 Å². The highest BCUT2D eigenvalue weighted by atomic mass is 16.5. The lowest BCUT2D eigenvalue weighted by Gasteiger charge is -2.36. The minimum atomic E-state index is 0.699. The van der Waals surface area contributed by atoms with E-state index in [9.17, 15) is 0 Å². The number of rotatable bonds is 6. The molecule has 1 atom stereocenters. The number of hydrogen-bond acceptors (Lipinski definition) is 1. The summed E-state index contributed by atoms with van der Waals surface area (Å²) in [6.45, 7) is 11.9. The van der Waals surface area contributed by atoms with E-state index in [4.69, 9.17) is 4.74 Å². The largest absolute Gasteiger partial charge is 0.384 e. The van der Waals surface area contributed by atoms with Crippen LogP contribution in [0.15, 0.2) is 12.7 Å². The van der Waals surface area contributed by atoms with E-state index in [2.05, 4.69) is 34.5 Å². The van der Waals surface area contributed by atoms with E-state index < -0.39 is 0 Å². The zero-order chi connectivity index (χ0) is 12.3. The molecule has 0 aromatic rings. The highest BCUT2D eigenvalue weighted by Gasteiger charge is 2.21. The van der Waals surface area contributed by atoms with Gasteiger partial charge in [-0.3, -0.25) is 0 Å². The topological polar surface area (TPSA) is 9.23 Å². The predicted molar refractivity (Wildman–Crippen MR) is 69.1 cm³/mol. The average molecular weight is 216 g/mol. The molecule has 0 aliphatic heterocycles. The summed E-state index contributed by atoms with van der Waals surface area (Å²) >= 11 is 0. The molecule has 15 heavy (non-hydrogen) atoms. The van der Waals surface area contributed by atoms with E-state index in [0.29, 0.717) is 6.04 Å². The quantitative estimate of drug-likeness (QED) is 0.490. The van der Waals surface area contributed by atoms with Crippen molar-refractivity contribution in [1.82, 2.24) is 0 Å². The van der Waals surface area contributed by atoms with Crippen molar-refractivity contribution in [2.45, 2.75) is 39.7 Å². The number of quaternary nitrogens is 1. The molecule has 1 unspecified atom stereocenters. The Bertz CT molecular complexity index is 143. The smallest absolute Gasteiger partial charge is 0.0879 e. The van der Waals surface area contributed by atoms with Gasteiger partial charge in [0.05, 0.1) is 33.3 Å². The van der Waals surface area contributed by atoms with Crippen LogP contribution in [0, 0.1) is 0 Å². The summed E-state index contributed by atoms with van der Waals surface area (Å²) in [4.78, 5) is 0. The van der Waals surface area contributed by atoms with E-state index in [0.717, 1.165) is 17.5 Å². The van der Waals surface area contributed by atoms with E-state index in [1.54, 1.807) is 13.2 Å². The first-order chi connectivity index (χ1) is 6.96. The molecule has 0 aliphatic rings. The number of hydrogen-bond donors (Lipinski definition) is 0. The third-order valence-corrected chi connectivity index (χ3v) is 2.73. The molecular formula is C13H30NO+. The van der Waals surface area contributed by atoms with Gasteiger partial charge in [0.2, 0.25) is 0 Å². The summed E-state index contributed by atoms with van der Waals surface area (Å²) < 4.78 is 6.19. The highest BCUT2D eigenvalue weighted by Crippen LogP contribution is 2.10. The normalized spacial score (nSPS) is 12.7. The molecule has 0 fully saturated rings. The lowest BCUT2D eigenvalue weighted by molar-refractivity contribution is -0.913. The molecular weight excluding hydrogens is 186 g/mol. The van der Waals surface area contributed by atoms with Gasteiger partial charge >= 0.3 is 0 Å². The van der Waals surface area contributed by atoms with Gasteiger partial charge in [0, 0.05) is 13.5 Å². The fourth-order valence-electron chi connectivity index (χ4n) is 1.43. The molecule has 0 rings (SSSR count). The molecule has 0 aromatic heterocycles. The standard InChI is InChI=1S/C10H24NO.C3H6/c1-6-8-11(3,4)10(2)7-9-12-5;1-3-2/h10H,6-9H2,1-5H3;3H,1H2,2H3/q+1;. The lowest BCUT2D eigenvalue weighted by Crippen LogP contribution is -2.48. The molecule has 0 bridgehead atoms. The van der Waals surface area contributed by atoms with Crippen molar-refractivity contribution in [3.05, 3.63) is 12.7 Å². The number of methoxy groups -OCH3 is 1. The van der Waals surface area contributed by atoms with Crippen molar-refractivity contribution in [2.75, 3.05) is 34.4 Å². The monoisotopic (exact) mass is 216 g/mol. The molecule has 0 heterocycles. The third-order valence-electron chi connectivity index (χ3n) is 2.73. The fraction of sp³-hybridized carbons (Fsp3) is 0.846. The van der Waals surface area contributed by atoms with Crippen molar-refractivity contribution in [3.63, 3.8) is 0 Å². The number of nitrogens with zero attached hydrogens (tertiary/aromatic N) is 1. The molecule has 92 valence electrons. The third kappa shape index (κ3) is 9.95. The average Bonchev–Trinajstić information content (AvgIpc) is 2.15. The van der Waals surface area contributed by atoms with Crippen molar-refractivity contribution in [2.24, 2.45) is 0 Å². The van der Waals surface area contributed by atoms with Gasteiger partial charge in [0.15, 0.2) is 0 Å². The molecule has 2 heteroatoms. The van der Waals surface area contributed by atoms with Crippen LogP contribution in [-0.4, -0.2) is 44.9 Å². The van der Waals surface area contributed by atoms with E-state index in [1.165, 1.54) is 13.0 Å².